The number of ketones is 1. The third-order valence-electron chi connectivity index (χ3n) is 3.12. The van der Waals surface area contributed by atoms with E-state index in [1.54, 1.807) is 18.2 Å². The highest BCUT2D eigenvalue weighted by Crippen LogP contribution is 2.31. The molecule has 0 aliphatic carbocycles. The summed E-state index contributed by atoms with van der Waals surface area (Å²) in [5.41, 5.74) is 1.63. The maximum absolute atomic E-state index is 12.3. The van der Waals surface area contributed by atoms with Crippen LogP contribution in [-0.4, -0.2) is 19.0 Å². The lowest BCUT2D eigenvalue weighted by Gasteiger charge is -2.18. The third kappa shape index (κ3) is 2.85. The normalized spacial score (nSPS) is 13.1. The van der Waals surface area contributed by atoms with E-state index >= 15 is 0 Å². The Morgan fingerprint density at radius 2 is 1.85 bits per heavy atom. The van der Waals surface area contributed by atoms with Gasteiger partial charge in [0.2, 0.25) is 0 Å². The molecule has 20 heavy (non-hydrogen) atoms. The van der Waals surface area contributed by atoms with Crippen molar-refractivity contribution >= 4 is 21.7 Å². The second kappa shape index (κ2) is 5.67. The molecule has 102 valence electrons. The molecule has 4 heteroatoms. The SMILES string of the molecule is O=C(Cc1cccc(Br)c1)c1ccc2c(c1)OCCO2. The van der Waals surface area contributed by atoms with E-state index in [0.29, 0.717) is 36.7 Å². The van der Waals surface area contributed by atoms with Gasteiger partial charge in [0.1, 0.15) is 13.2 Å². The molecule has 0 amide bonds. The zero-order valence-corrected chi connectivity index (χ0v) is 12.4. The van der Waals surface area contributed by atoms with E-state index in [2.05, 4.69) is 15.9 Å². The fourth-order valence-corrected chi connectivity index (χ4v) is 2.60. The van der Waals surface area contributed by atoms with E-state index in [4.69, 9.17) is 9.47 Å². The summed E-state index contributed by atoms with van der Waals surface area (Å²) in [6.45, 7) is 1.08. The maximum Gasteiger partial charge on any atom is 0.167 e. The summed E-state index contributed by atoms with van der Waals surface area (Å²) in [6.07, 6.45) is 0.374. The Hall–Kier alpha value is -1.81. The van der Waals surface area contributed by atoms with Gasteiger partial charge in [0.15, 0.2) is 17.3 Å². The molecule has 3 nitrogen and oxygen atoms in total. The van der Waals surface area contributed by atoms with Crippen LogP contribution >= 0.6 is 15.9 Å². The number of fused-ring (bicyclic) bond motifs is 1. The van der Waals surface area contributed by atoms with Crippen LogP contribution in [0.3, 0.4) is 0 Å². The number of carbonyl (C=O) groups excluding carboxylic acids is 1. The highest BCUT2D eigenvalue weighted by atomic mass is 79.9. The van der Waals surface area contributed by atoms with Crippen LogP contribution in [-0.2, 0) is 6.42 Å². The van der Waals surface area contributed by atoms with Crippen molar-refractivity contribution in [2.75, 3.05) is 13.2 Å². The molecule has 0 saturated heterocycles. The first-order valence-corrected chi connectivity index (χ1v) is 7.19. The van der Waals surface area contributed by atoms with Crippen molar-refractivity contribution in [2.45, 2.75) is 6.42 Å². The van der Waals surface area contributed by atoms with Gasteiger partial charge < -0.3 is 9.47 Å². The summed E-state index contributed by atoms with van der Waals surface area (Å²) in [6, 6.07) is 13.1. The Balaban J connectivity index is 1.80. The second-order valence-electron chi connectivity index (χ2n) is 4.59. The smallest absolute Gasteiger partial charge is 0.167 e. The predicted octanol–water partition coefficient (Wildman–Crippen LogP) is 3.65. The van der Waals surface area contributed by atoms with E-state index in [1.165, 1.54) is 0 Å². The number of carbonyl (C=O) groups is 1. The molecule has 1 aliphatic heterocycles. The highest BCUT2D eigenvalue weighted by molar-refractivity contribution is 9.10. The molecule has 2 aromatic rings. The molecule has 0 N–H and O–H groups in total. The quantitative estimate of drug-likeness (QED) is 0.805. The molecule has 0 atom stereocenters. The summed E-state index contributed by atoms with van der Waals surface area (Å²) in [5, 5.41) is 0. The number of rotatable bonds is 3. The first kappa shape index (κ1) is 13.2. The van der Waals surface area contributed by atoms with Gasteiger partial charge in [-0.25, -0.2) is 0 Å². The van der Waals surface area contributed by atoms with Gasteiger partial charge in [-0.05, 0) is 35.9 Å². The van der Waals surface area contributed by atoms with E-state index in [-0.39, 0.29) is 5.78 Å². The highest BCUT2D eigenvalue weighted by Gasteiger charge is 2.15. The van der Waals surface area contributed by atoms with Crippen LogP contribution in [0.5, 0.6) is 11.5 Å². The van der Waals surface area contributed by atoms with Gasteiger partial charge in [-0.2, -0.15) is 0 Å². The Kier molecular flexibility index (Phi) is 3.74. The van der Waals surface area contributed by atoms with Crippen molar-refractivity contribution in [1.29, 1.82) is 0 Å². The van der Waals surface area contributed by atoms with Crippen molar-refractivity contribution in [3.63, 3.8) is 0 Å². The Morgan fingerprint density at radius 1 is 1.05 bits per heavy atom. The minimum Gasteiger partial charge on any atom is -0.486 e. The molecule has 3 rings (SSSR count). The topological polar surface area (TPSA) is 35.5 Å². The zero-order chi connectivity index (χ0) is 13.9. The van der Waals surface area contributed by atoms with Gasteiger partial charge in [-0.15, -0.1) is 0 Å². The number of hydrogen-bond donors (Lipinski definition) is 0. The van der Waals surface area contributed by atoms with E-state index in [0.717, 1.165) is 10.0 Å². The van der Waals surface area contributed by atoms with Gasteiger partial charge in [0.05, 0.1) is 0 Å². The van der Waals surface area contributed by atoms with Crippen LogP contribution in [0.2, 0.25) is 0 Å². The Labute approximate surface area is 125 Å². The van der Waals surface area contributed by atoms with Crippen LogP contribution in [0.1, 0.15) is 15.9 Å². The van der Waals surface area contributed by atoms with Crippen LogP contribution < -0.4 is 9.47 Å². The Morgan fingerprint density at radius 3 is 2.65 bits per heavy atom. The number of hydrogen-bond acceptors (Lipinski definition) is 3. The molecule has 0 spiro atoms. The van der Waals surface area contributed by atoms with Gasteiger partial charge in [0, 0.05) is 16.5 Å². The third-order valence-corrected chi connectivity index (χ3v) is 3.61. The fraction of sp³-hybridized carbons (Fsp3) is 0.188. The Bertz CT molecular complexity index is 652. The molecular weight excluding hydrogens is 320 g/mol. The van der Waals surface area contributed by atoms with Crippen molar-refractivity contribution in [1.82, 2.24) is 0 Å². The fourth-order valence-electron chi connectivity index (χ4n) is 2.15. The lowest BCUT2D eigenvalue weighted by molar-refractivity contribution is 0.0991. The molecule has 0 saturated carbocycles. The van der Waals surface area contributed by atoms with Crippen molar-refractivity contribution in [3.05, 3.63) is 58.1 Å². The molecule has 0 fully saturated rings. The van der Waals surface area contributed by atoms with Gasteiger partial charge in [-0.3, -0.25) is 4.79 Å². The largest absolute Gasteiger partial charge is 0.486 e. The summed E-state index contributed by atoms with van der Waals surface area (Å²) < 4.78 is 11.9. The first-order valence-electron chi connectivity index (χ1n) is 6.40. The summed E-state index contributed by atoms with van der Waals surface area (Å²) in [5.74, 6) is 1.42. The number of Topliss-reactive ketones (excluding diaryl/α,β-unsaturated/α-hetero) is 1. The van der Waals surface area contributed by atoms with Crippen LogP contribution in [0, 0.1) is 0 Å². The van der Waals surface area contributed by atoms with Gasteiger partial charge in [0.25, 0.3) is 0 Å². The summed E-state index contributed by atoms with van der Waals surface area (Å²) >= 11 is 3.41. The minimum absolute atomic E-state index is 0.0695. The monoisotopic (exact) mass is 332 g/mol. The van der Waals surface area contributed by atoms with Crippen LogP contribution in [0.4, 0.5) is 0 Å². The first-order chi connectivity index (χ1) is 9.72. The van der Waals surface area contributed by atoms with Crippen molar-refractivity contribution in [2.24, 2.45) is 0 Å². The van der Waals surface area contributed by atoms with E-state index in [9.17, 15) is 4.79 Å². The minimum atomic E-state index is 0.0695. The average Bonchev–Trinajstić information content (AvgIpc) is 2.47. The van der Waals surface area contributed by atoms with E-state index in [1.807, 2.05) is 24.3 Å². The predicted molar refractivity (Wildman–Crippen MR) is 79.6 cm³/mol. The molecule has 0 unspecified atom stereocenters. The standard InChI is InChI=1S/C16H13BrO3/c17-13-3-1-2-11(8-13)9-14(18)12-4-5-15-16(10-12)20-7-6-19-15/h1-5,8,10H,6-7,9H2. The zero-order valence-electron chi connectivity index (χ0n) is 10.8. The second-order valence-corrected chi connectivity index (χ2v) is 5.50. The number of ether oxygens (including phenoxy) is 2. The molecule has 1 heterocycles. The molecule has 0 radical (unpaired) electrons. The summed E-state index contributed by atoms with van der Waals surface area (Å²) in [4.78, 5) is 12.3. The maximum atomic E-state index is 12.3. The number of halogens is 1. The van der Waals surface area contributed by atoms with Crippen molar-refractivity contribution < 1.29 is 14.3 Å². The van der Waals surface area contributed by atoms with Crippen molar-refractivity contribution in [3.8, 4) is 11.5 Å². The van der Waals surface area contributed by atoms with E-state index < -0.39 is 0 Å². The molecule has 2 aromatic carbocycles. The lowest BCUT2D eigenvalue weighted by atomic mass is 10.0. The number of benzene rings is 2. The van der Waals surface area contributed by atoms with Crippen LogP contribution in [0.15, 0.2) is 46.9 Å². The lowest BCUT2D eigenvalue weighted by Crippen LogP contribution is -2.16. The van der Waals surface area contributed by atoms with Gasteiger partial charge >= 0.3 is 0 Å². The molecule has 0 aromatic heterocycles. The molecule has 1 aliphatic rings. The molecular formula is C16H13BrO3. The van der Waals surface area contributed by atoms with Crippen LogP contribution in [0.25, 0.3) is 0 Å². The van der Waals surface area contributed by atoms with Gasteiger partial charge in [-0.1, -0.05) is 28.1 Å². The average molecular weight is 333 g/mol. The summed E-state index contributed by atoms with van der Waals surface area (Å²) in [7, 11) is 0. The molecule has 0 bridgehead atoms.